The average molecular weight is 292 g/mol. The minimum atomic E-state index is -0.221. The predicted octanol–water partition coefficient (Wildman–Crippen LogP) is 4.22. The maximum atomic E-state index is 11.8. The lowest BCUT2D eigenvalue weighted by Gasteiger charge is -2.25. The number of hydrogen-bond acceptors (Lipinski definition) is 2. The molecule has 112 valence electrons. The first kappa shape index (κ1) is 13.6. The second kappa shape index (κ2) is 5.28. The van der Waals surface area contributed by atoms with E-state index in [0.29, 0.717) is 6.61 Å². The quantitative estimate of drug-likeness (QED) is 0.612. The zero-order valence-corrected chi connectivity index (χ0v) is 12.9. The van der Waals surface area contributed by atoms with E-state index in [9.17, 15) is 4.79 Å². The molecule has 0 heterocycles. The van der Waals surface area contributed by atoms with E-state index in [0.717, 1.165) is 18.4 Å². The first-order chi connectivity index (χ1) is 10.8. The molecule has 4 rings (SSSR count). The first-order valence-electron chi connectivity index (χ1n) is 8.22. The van der Waals surface area contributed by atoms with E-state index in [4.69, 9.17) is 4.74 Å². The minimum absolute atomic E-state index is 0.221. The second-order valence-electron chi connectivity index (χ2n) is 6.18. The van der Waals surface area contributed by atoms with Gasteiger partial charge in [-0.05, 0) is 77.6 Å². The van der Waals surface area contributed by atoms with Crippen LogP contribution in [0, 0.1) is 0 Å². The van der Waals surface area contributed by atoms with Crippen LogP contribution >= 0.6 is 0 Å². The summed E-state index contributed by atoms with van der Waals surface area (Å²) in [5.74, 6) is -0.221. The van der Waals surface area contributed by atoms with Gasteiger partial charge in [0, 0.05) is 6.08 Å². The van der Waals surface area contributed by atoms with Crippen molar-refractivity contribution in [2.24, 2.45) is 0 Å². The van der Waals surface area contributed by atoms with Gasteiger partial charge in [-0.3, -0.25) is 0 Å². The predicted molar refractivity (Wildman–Crippen MR) is 88.9 cm³/mol. The lowest BCUT2D eigenvalue weighted by molar-refractivity contribution is -0.137. The molecule has 22 heavy (non-hydrogen) atoms. The molecule has 2 aliphatic rings. The van der Waals surface area contributed by atoms with Gasteiger partial charge in [-0.2, -0.15) is 0 Å². The Morgan fingerprint density at radius 3 is 2.41 bits per heavy atom. The summed E-state index contributed by atoms with van der Waals surface area (Å²) in [7, 11) is 0. The zero-order valence-electron chi connectivity index (χ0n) is 12.9. The van der Waals surface area contributed by atoms with Gasteiger partial charge in [-0.25, -0.2) is 4.79 Å². The maximum Gasteiger partial charge on any atom is 0.331 e. The Bertz CT molecular complexity index is 789. The van der Waals surface area contributed by atoms with Crippen molar-refractivity contribution < 1.29 is 9.53 Å². The number of allylic oxidation sites excluding steroid dienone is 1. The Morgan fingerprint density at radius 2 is 1.68 bits per heavy atom. The van der Waals surface area contributed by atoms with Crippen molar-refractivity contribution in [1.29, 1.82) is 0 Å². The fourth-order valence-electron chi connectivity index (χ4n) is 3.96. The Morgan fingerprint density at radius 1 is 1.00 bits per heavy atom. The summed E-state index contributed by atoms with van der Waals surface area (Å²) in [6.07, 6.45) is 7.21. The molecule has 2 aromatic rings. The van der Waals surface area contributed by atoms with Crippen LogP contribution in [0.1, 0.15) is 42.0 Å². The highest BCUT2D eigenvalue weighted by atomic mass is 16.5. The summed E-state index contributed by atoms with van der Waals surface area (Å²) in [5, 5.41) is 2.84. The van der Waals surface area contributed by atoms with E-state index >= 15 is 0 Å². The van der Waals surface area contributed by atoms with Gasteiger partial charge in [-0.15, -0.1) is 0 Å². The van der Waals surface area contributed by atoms with Gasteiger partial charge in [0.1, 0.15) is 0 Å². The summed E-state index contributed by atoms with van der Waals surface area (Å²) in [5.41, 5.74) is 6.73. The number of carbonyl (C=O) groups is 1. The van der Waals surface area contributed by atoms with Gasteiger partial charge >= 0.3 is 5.97 Å². The fraction of sp³-hybridized carbons (Fsp3) is 0.350. The Balaban J connectivity index is 1.93. The average Bonchev–Trinajstić information content (AvgIpc) is 2.54. The van der Waals surface area contributed by atoms with Gasteiger partial charge in [0.2, 0.25) is 0 Å². The third kappa shape index (κ3) is 2.06. The van der Waals surface area contributed by atoms with Gasteiger partial charge in [0.15, 0.2) is 0 Å². The van der Waals surface area contributed by atoms with E-state index in [-0.39, 0.29) is 5.97 Å². The molecule has 0 saturated heterocycles. The van der Waals surface area contributed by atoms with Gasteiger partial charge in [-0.1, -0.05) is 24.3 Å². The van der Waals surface area contributed by atoms with E-state index in [1.807, 2.05) is 6.92 Å². The van der Waals surface area contributed by atoms with Crippen molar-refractivity contribution in [1.82, 2.24) is 0 Å². The van der Waals surface area contributed by atoms with Crippen molar-refractivity contribution in [2.75, 3.05) is 6.61 Å². The molecule has 0 aromatic heterocycles. The number of ether oxygens (including phenoxy) is 1. The highest BCUT2D eigenvalue weighted by molar-refractivity contribution is 6.04. The van der Waals surface area contributed by atoms with Crippen LogP contribution in [0.3, 0.4) is 0 Å². The summed E-state index contributed by atoms with van der Waals surface area (Å²) in [6, 6.07) is 9.07. The van der Waals surface area contributed by atoms with Crippen LogP contribution in [0.25, 0.3) is 16.3 Å². The van der Waals surface area contributed by atoms with Crippen LogP contribution in [0.4, 0.5) is 0 Å². The van der Waals surface area contributed by atoms with Gasteiger partial charge in [0.25, 0.3) is 0 Å². The van der Waals surface area contributed by atoms with Crippen LogP contribution in [-0.4, -0.2) is 12.6 Å². The molecule has 0 fully saturated rings. The van der Waals surface area contributed by atoms with Crippen LogP contribution < -0.4 is 0 Å². The smallest absolute Gasteiger partial charge is 0.331 e. The molecule has 2 aromatic carbocycles. The molecule has 0 saturated carbocycles. The molecule has 2 nitrogen and oxygen atoms in total. The van der Waals surface area contributed by atoms with E-state index in [1.54, 1.807) is 6.08 Å². The molecular weight excluding hydrogens is 272 g/mol. The Hall–Kier alpha value is -2.09. The molecule has 0 unspecified atom stereocenters. The largest absolute Gasteiger partial charge is 0.463 e. The third-order valence-corrected chi connectivity index (χ3v) is 4.90. The molecular formula is C20H20O2. The number of aryl methyl sites for hydroxylation is 3. The van der Waals surface area contributed by atoms with Crippen LogP contribution in [0.2, 0.25) is 0 Å². The SMILES string of the molecule is CCOC(=O)/C=C1\CCc2ccc3c4c(ccc1c24)CCC3. The van der Waals surface area contributed by atoms with Crippen LogP contribution in [-0.2, 0) is 28.8 Å². The number of esters is 1. The normalized spacial score (nSPS) is 17.8. The molecule has 0 N–H and O–H groups in total. The molecule has 0 radical (unpaired) electrons. The van der Waals surface area contributed by atoms with E-state index in [1.165, 1.54) is 52.3 Å². The highest BCUT2D eigenvalue weighted by Crippen LogP contribution is 2.41. The fourth-order valence-corrected chi connectivity index (χ4v) is 3.96. The number of rotatable bonds is 2. The van der Waals surface area contributed by atoms with Gasteiger partial charge in [0.05, 0.1) is 6.61 Å². The van der Waals surface area contributed by atoms with Crippen molar-refractivity contribution in [3.8, 4) is 0 Å². The van der Waals surface area contributed by atoms with Crippen LogP contribution in [0.15, 0.2) is 30.3 Å². The minimum Gasteiger partial charge on any atom is -0.463 e. The van der Waals surface area contributed by atoms with Crippen molar-refractivity contribution in [2.45, 2.75) is 39.0 Å². The lowest BCUT2D eigenvalue weighted by atomic mass is 9.79. The molecule has 0 aliphatic heterocycles. The number of benzene rings is 2. The van der Waals surface area contributed by atoms with Crippen molar-refractivity contribution in [3.05, 3.63) is 52.6 Å². The highest BCUT2D eigenvalue weighted by Gasteiger charge is 2.22. The summed E-state index contributed by atoms with van der Waals surface area (Å²) in [4.78, 5) is 11.8. The second-order valence-corrected chi connectivity index (χ2v) is 6.18. The zero-order chi connectivity index (χ0) is 15.1. The van der Waals surface area contributed by atoms with Gasteiger partial charge < -0.3 is 4.74 Å². The van der Waals surface area contributed by atoms with E-state index < -0.39 is 0 Å². The van der Waals surface area contributed by atoms with E-state index in [2.05, 4.69) is 24.3 Å². The summed E-state index contributed by atoms with van der Waals surface area (Å²) >= 11 is 0. The maximum absolute atomic E-state index is 11.8. The number of hydrogen-bond donors (Lipinski definition) is 0. The standard InChI is InChI=1S/C20H20O2/c1-2-22-18(21)12-16-9-8-15-7-6-13-4-3-5-14-10-11-17(16)20(15)19(13)14/h6-7,10-12H,2-5,8-9H2,1H3/b16-12+. The molecule has 0 amide bonds. The van der Waals surface area contributed by atoms with Crippen molar-refractivity contribution >= 4 is 22.3 Å². The topological polar surface area (TPSA) is 26.3 Å². The van der Waals surface area contributed by atoms with Crippen molar-refractivity contribution in [3.63, 3.8) is 0 Å². The summed E-state index contributed by atoms with van der Waals surface area (Å²) in [6.45, 7) is 2.27. The Labute approximate surface area is 130 Å². The van der Waals surface area contributed by atoms with Crippen LogP contribution in [0.5, 0.6) is 0 Å². The lowest BCUT2D eigenvalue weighted by Crippen LogP contribution is -2.09. The molecule has 0 spiro atoms. The first-order valence-corrected chi connectivity index (χ1v) is 8.22. The molecule has 0 bridgehead atoms. The number of carbonyl (C=O) groups excluding carboxylic acids is 1. The molecule has 0 atom stereocenters. The summed E-state index contributed by atoms with van der Waals surface area (Å²) < 4.78 is 5.09. The Kier molecular flexibility index (Phi) is 3.25. The monoisotopic (exact) mass is 292 g/mol. The third-order valence-electron chi connectivity index (χ3n) is 4.90. The molecule has 2 heteroatoms. The molecule has 2 aliphatic carbocycles.